The minimum absolute atomic E-state index is 0.00932. The van der Waals surface area contributed by atoms with E-state index in [-0.39, 0.29) is 27.1 Å². The number of fused-ring (bicyclic) bond motifs is 1. The predicted octanol–water partition coefficient (Wildman–Crippen LogP) is 3.17. The molecular formula is C26H34N3O6S+. The van der Waals surface area contributed by atoms with Crippen LogP contribution in [0.2, 0.25) is 0 Å². The van der Waals surface area contributed by atoms with E-state index in [1.54, 1.807) is 17.0 Å². The summed E-state index contributed by atoms with van der Waals surface area (Å²) in [4.78, 5) is 19.3. The predicted molar refractivity (Wildman–Crippen MR) is 134 cm³/mol. The highest BCUT2D eigenvalue weighted by molar-refractivity contribution is 7.91. The standard InChI is InChI=1S/C26H33N3O6S/c1-26(2,3)25-27-20-16-19(4-5-21(20)29(25)17-18-8-12-33-13-9-18)36(31,32)23-7-6-22(35-23)24(30)28-10-14-34-15-11-28/h4-7,16,18H,8-15,17H2,1-3H3/p+1. The number of imidazole rings is 1. The van der Waals surface area contributed by atoms with Gasteiger partial charge < -0.3 is 23.4 Å². The largest absolute Gasteiger partial charge is 0.439 e. The van der Waals surface area contributed by atoms with Crippen molar-refractivity contribution in [1.29, 1.82) is 0 Å². The molecule has 5 rings (SSSR count). The number of ether oxygens (including phenoxy) is 2. The Hall–Kier alpha value is -2.69. The first kappa shape index (κ1) is 25.0. The van der Waals surface area contributed by atoms with Crippen LogP contribution in [0.4, 0.5) is 0 Å². The monoisotopic (exact) mass is 516 g/mol. The Morgan fingerprint density at radius 2 is 1.83 bits per heavy atom. The molecule has 4 heterocycles. The molecule has 0 unspecified atom stereocenters. The van der Waals surface area contributed by atoms with Crippen molar-refractivity contribution in [1.82, 2.24) is 14.5 Å². The van der Waals surface area contributed by atoms with Crippen molar-refractivity contribution in [3.05, 3.63) is 41.9 Å². The number of hydrogen-bond donors (Lipinski definition) is 0. The number of carbonyl (C=O) groups is 1. The summed E-state index contributed by atoms with van der Waals surface area (Å²) in [5, 5.41) is -0.250. The molecule has 0 atom stereocenters. The maximum atomic E-state index is 13.4. The van der Waals surface area contributed by atoms with Gasteiger partial charge in [-0.3, -0.25) is 4.79 Å². The average molecular weight is 517 g/mol. The summed E-state index contributed by atoms with van der Waals surface area (Å²) in [6, 6.07) is 7.82. The molecule has 0 saturated carbocycles. The molecule has 2 saturated heterocycles. The summed E-state index contributed by atoms with van der Waals surface area (Å²) in [6.45, 7) is 10.8. The molecule has 0 radical (unpaired) electrons. The van der Waals surface area contributed by atoms with Gasteiger partial charge in [0.15, 0.2) is 5.76 Å². The zero-order valence-corrected chi connectivity index (χ0v) is 21.9. The third-order valence-electron chi connectivity index (χ3n) is 6.89. The average Bonchev–Trinajstić information content (AvgIpc) is 3.51. The Kier molecular flexibility index (Phi) is 6.69. The van der Waals surface area contributed by atoms with Gasteiger partial charge in [0, 0.05) is 37.9 Å². The Morgan fingerprint density at radius 1 is 1.11 bits per heavy atom. The van der Waals surface area contributed by atoms with Crippen LogP contribution in [0.5, 0.6) is 0 Å². The second kappa shape index (κ2) is 9.64. The third kappa shape index (κ3) is 4.81. The second-order valence-electron chi connectivity index (χ2n) is 10.6. The molecule has 2 fully saturated rings. The quantitative estimate of drug-likeness (QED) is 0.482. The fourth-order valence-electron chi connectivity index (χ4n) is 4.90. The van der Waals surface area contributed by atoms with E-state index in [0.29, 0.717) is 37.7 Å². The number of amides is 1. The molecule has 9 nitrogen and oxygen atoms in total. The summed E-state index contributed by atoms with van der Waals surface area (Å²) in [5.41, 5.74) is 1.36. The van der Waals surface area contributed by atoms with E-state index in [9.17, 15) is 13.2 Å². The van der Waals surface area contributed by atoms with Crippen LogP contribution < -0.4 is 0 Å². The van der Waals surface area contributed by atoms with Crippen molar-refractivity contribution < 1.29 is 27.1 Å². The molecule has 2 aromatic heterocycles. The molecule has 1 N–H and O–H groups in total. The normalized spacial score (nSPS) is 18.1. The third-order valence-corrected chi connectivity index (χ3v) is 8.51. The molecule has 0 bridgehead atoms. The van der Waals surface area contributed by atoms with E-state index in [0.717, 1.165) is 43.9 Å². The van der Waals surface area contributed by atoms with Gasteiger partial charge in [-0.1, -0.05) is 20.8 Å². The summed E-state index contributed by atoms with van der Waals surface area (Å²) in [6.07, 6.45) is 2.11. The summed E-state index contributed by atoms with van der Waals surface area (Å²) < 4.78 is 44.4. The number of aliphatic hydroxyl groups is 2. The van der Waals surface area contributed by atoms with Crippen LogP contribution in [0.1, 0.15) is 50.0 Å². The first-order chi connectivity index (χ1) is 17.1. The van der Waals surface area contributed by atoms with Gasteiger partial charge in [0.25, 0.3) is 5.91 Å². The van der Waals surface area contributed by atoms with Crippen LogP contribution in [-0.2, 0) is 26.5 Å². The topological polar surface area (TPSA) is 107 Å². The molecule has 194 valence electrons. The highest BCUT2D eigenvalue weighted by Gasteiger charge is 2.29. The van der Waals surface area contributed by atoms with Gasteiger partial charge in [0.05, 0.1) is 29.1 Å². The number of nitrogens with zero attached hydrogens (tertiary/aromatic N) is 3. The minimum atomic E-state index is -3.96. The number of hydrogen-bond acceptors (Lipinski definition) is 6. The molecule has 10 heteroatoms. The van der Waals surface area contributed by atoms with E-state index in [1.165, 1.54) is 12.1 Å². The molecule has 36 heavy (non-hydrogen) atoms. The van der Waals surface area contributed by atoms with E-state index in [1.807, 2.05) is 6.07 Å². The number of rotatable bonds is 5. The Morgan fingerprint density at radius 3 is 2.53 bits per heavy atom. The maximum absolute atomic E-state index is 13.4. The summed E-state index contributed by atoms with van der Waals surface area (Å²) in [7, 11) is -3.96. The molecule has 2 aliphatic heterocycles. The van der Waals surface area contributed by atoms with Crippen LogP contribution >= 0.6 is 0 Å². The molecule has 0 aliphatic carbocycles. The molecule has 1 aromatic carbocycles. The Bertz CT molecular complexity index is 1360. The van der Waals surface area contributed by atoms with Crippen LogP contribution in [0.25, 0.3) is 11.0 Å². The van der Waals surface area contributed by atoms with Crippen LogP contribution in [-0.4, -0.2) is 73.0 Å². The van der Waals surface area contributed by atoms with E-state index >= 15 is 0 Å². The SMILES string of the molecule is CC(C)(C)c1nc2cc(S(=O)(=O)c3ccc(C(=O)N4CCOCC4)o3)ccc2n1CC1CC[OH+]CC1. The molecule has 3 aromatic rings. The highest BCUT2D eigenvalue weighted by Crippen LogP contribution is 2.32. The number of furan rings is 1. The first-order valence-corrected chi connectivity index (χ1v) is 14.0. The summed E-state index contributed by atoms with van der Waals surface area (Å²) >= 11 is 0. The van der Waals surface area contributed by atoms with Gasteiger partial charge >= 0.3 is 0 Å². The zero-order chi connectivity index (χ0) is 25.5. The molecule has 0 spiro atoms. The van der Waals surface area contributed by atoms with Crippen molar-refractivity contribution in [2.75, 3.05) is 39.5 Å². The van der Waals surface area contributed by atoms with Crippen LogP contribution in [0.15, 0.2) is 44.7 Å². The fourth-order valence-corrected chi connectivity index (χ4v) is 6.09. The number of sulfone groups is 1. The Labute approximate surface area is 211 Å². The van der Waals surface area contributed by atoms with E-state index in [4.69, 9.17) is 14.1 Å². The molecule has 1 amide bonds. The fraction of sp³-hybridized carbons (Fsp3) is 0.538. The van der Waals surface area contributed by atoms with E-state index in [2.05, 4.69) is 30.1 Å². The van der Waals surface area contributed by atoms with Crippen LogP contribution in [0.3, 0.4) is 0 Å². The van der Waals surface area contributed by atoms with Crippen molar-refractivity contribution in [3.8, 4) is 0 Å². The first-order valence-electron chi connectivity index (χ1n) is 12.5. The number of carbonyl (C=O) groups excluding carboxylic acids is 1. The lowest BCUT2D eigenvalue weighted by Gasteiger charge is -2.25. The lowest BCUT2D eigenvalue weighted by molar-refractivity contribution is -0.0810. The minimum Gasteiger partial charge on any atom is -0.439 e. The van der Waals surface area contributed by atoms with Crippen molar-refractivity contribution in [2.24, 2.45) is 5.92 Å². The van der Waals surface area contributed by atoms with Gasteiger partial charge in [-0.05, 0) is 36.2 Å². The van der Waals surface area contributed by atoms with Gasteiger partial charge in [0.1, 0.15) is 19.0 Å². The van der Waals surface area contributed by atoms with Gasteiger partial charge in [0.2, 0.25) is 14.9 Å². The molecule has 2 aliphatic rings. The van der Waals surface area contributed by atoms with Gasteiger partial charge in [-0.2, -0.15) is 0 Å². The lowest BCUT2D eigenvalue weighted by atomic mass is 9.94. The maximum Gasteiger partial charge on any atom is 0.289 e. The van der Waals surface area contributed by atoms with Crippen molar-refractivity contribution >= 4 is 26.8 Å². The van der Waals surface area contributed by atoms with Crippen molar-refractivity contribution in [3.63, 3.8) is 0 Å². The van der Waals surface area contributed by atoms with Gasteiger partial charge in [-0.15, -0.1) is 0 Å². The van der Waals surface area contributed by atoms with Gasteiger partial charge in [-0.25, -0.2) is 13.4 Å². The second-order valence-corrected chi connectivity index (χ2v) is 12.5. The number of benzene rings is 1. The Balaban J connectivity index is 1.46. The molecular weight excluding hydrogens is 482 g/mol. The zero-order valence-electron chi connectivity index (χ0n) is 21.1. The number of morpholine rings is 1. The van der Waals surface area contributed by atoms with E-state index < -0.39 is 9.84 Å². The highest BCUT2D eigenvalue weighted by atomic mass is 32.2. The lowest BCUT2D eigenvalue weighted by Crippen LogP contribution is -2.40. The smallest absolute Gasteiger partial charge is 0.289 e. The number of aromatic nitrogens is 2. The van der Waals surface area contributed by atoms with Crippen LogP contribution in [0, 0.1) is 5.92 Å². The summed E-state index contributed by atoms with van der Waals surface area (Å²) in [5.74, 6) is 1.13. The van der Waals surface area contributed by atoms with Crippen molar-refractivity contribution in [2.45, 2.75) is 55.6 Å².